The van der Waals surface area contributed by atoms with Crippen molar-refractivity contribution in [1.29, 1.82) is 0 Å². The number of nitrogens with one attached hydrogen (secondary N) is 1. The Morgan fingerprint density at radius 2 is 2.10 bits per heavy atom. The highest BCUT2D eigenvalue weighted by Crippen LogP contribution is 2.22. The zero-order valence-corrected chi connectivity index (χ0v) is 13.2. The van der Waals surface area contributed by atoms with Crippen molar-refractivity contribution >= 4 is 17.7 Å². The maximum Gasteiger partial charge on any atom is 0.230 e. The van der Waals surface area contributed by atoms with Gasteiger partial charge in [-0.2, -0.15) is 0 Å². The van der Waals surface area contributed by atoms with Crippen molar-refractivity contribution in [2.45, 2.75) is 25.0 Å². The molecule has 1 aromatic carbocycles. The molecule has 1 aromatic heterocycles. The smallest absolute Gasteiger partial charge is 0.230 e. The molecule has 0 spiro atoms. The molecule has 2 aromatic rings. The lowest BCUT2D eigenvalue weighted by Crippen LogP contribution is -2.31. The van der Waals surface area contributed by atoms with Gasteiger partial charge in [-0.1, -0.05) is 11.8 Å². The number of ether oxygens (including phenoxy) is 1. The van der Waals surface area contributed by atoms with Crippen LogP contribution < -0.4 is 10.1 Å². The van der Waals surface area contributed by atoms with Crippen molar-refractivity contribution < 1.29 is 9.53 Å². The van der Waals surface area contributed by atoms with Crippen molar-refractivity contribution in [1.82, 2.24) is 14.9 Å². The molecule has 112 valence electrons. The van der Waals surface area contributed by atoms with Crippen LogP contribution in [0.5, 0.6) is 5.75 Å². The lowest BCUT2D eigenvalue weighted by molar-refractivity contribution is -0.119. The number of hydrogen-bond donors (Lipinski definition) is 1. The summed E-state index contributed by atoms with van der Waals surface area (Å²) in [4.78, 5) is 16.0. The van der Waals surface area contributed by atoms with Gasteiger partial charge in [0, 0.05) is 24.1 Å². The van der Waals surface area contributed by atoms with E-state index in [2.05, 4.69) is 10.3 Å². The Kier molecular flexibility index (Phi) is 5.27. The first-order valence-corrected chi connectivity index (χ1v) is 7.68. The van der Waals surface area contributed by atoms with Crippen LogP contribution in [0, 0.1) is 0 Å². The van der Waals surface area contributed by atoms with Crippen molar-refractivity contribution in [3.05, 3.63) is 36.7 Å². The van der Waals surface area contributed by atoms with E-state index in [9.17, 15) is 4.79 Å². The van der Waals surface area contributed by atoms with Crippen LogP contribution >= 0.6 is 11.8 Å². The van der Waals surface area contributed by atoms with Crippen LogP contribution in [0.15, 0.2) is 41.8 Å². The van der Waals surface area contributed by atoms with E-state index >= 15 is 0 Å². The first-order valence-electron chi connectivity index (χ1n) is 6.70. The lowest BCUT2D eigenvalue weighted by atomic mass is 10.3. The Morgan fingerprint density at radius 1 is 1.38 bits per heavy atom. The molecule has 0 saturated heterocycles. The molecule has 0 atom stereocenters. The number of carbonyl (C=O) groups excluding carboxylic acids is 1. The summed E-state index contributed by atoms with van der Waals surface area (Å²) in [7, 11) is 1.64. The Bertz CT molecular complexity index is 593. The molecular formula is C15H19N3O2S. The van der Waals surface area contributed by atoms with Crippen LogP contribution in [0.2, 0.25) is 0 Å². The average Bonchev–Trinajstić information content (AvgIpc) is 2.93. The topological polar surface area (TPSA) is 56.2 Å². The highest BCUT2D eigenvalue weighted by molar-refractivity contribution is 7.99. The molecule has 0 unspecified atom stereocenters. The number of nitrogens with zero attached hydrogens (tertiary/aromatic N) is 2. The monoisotopic (exact) mass is 305 g/mol. The van der Waals surface area contributed by atoms with E-state index in [-0.39, 0.29) is 11.9 Å². The summed E-state index contributed by atoms with van der Waals surface area (Å²) in [5, 5.41) is 3.66. The summed E-state index contributed by atoms with van der Waals surface area (Å²) in [6.07, 6.45) is 3.61. The van der Waals surface area contributed by atoms with Crippen LogP contribution in [0.25, 0.3) is 5.69 Å². The van der Waals surface area contributed by atoms with Crippen LogP contribution in [-0.2, 0) is 4.79 Å². The largest absolute Gasteiger partial charge is 0.497 e. The van der Waals surface area contributed by atoms with Crippen molar-refractivity contribution in [2.24, 2.45) is 0 Å². The maximum atomic E-state index is 11.7. The van der Waals surface area contributed by atoms with Gasteiger partial charge in [0.15, 0.2) is 5.16 Å². The van der Waals surface area contributed by atoms with Gasteiger partial charge in [0.1, 0.15) is 5.75 Å². The molecule has 0 aliphatic heterocycles. The Labute approximate surface area is 128 Å². The minimum atomic E-state index is 0.0132. The third-order valence-corrected chi connectivity index (χ3v) is 3.71. The molecule has 1 amide bonds. The molecule has 1 N–H and O–H groups in total. The molecule has 0 aliphatic rings. The average molecular weight is 305 g/mol. The van der Waals surface area contributed by atoms with E-state index in [0.717, 1.165) is 16.6 Å². The summed E-state index contributed by atoms with van der Waals surface area (Å²) < 4.78 is 7.10. The zero-order valence-electron chi connectivity index (χ0n) is 12.4. The van der Waals surface area contributed by atoms with E-state index in [1.807, 2.05) is 48.9 Å². The predicted octanol–water partition coefficient (Wildman–Crippen LogP) is 2.50. The van der Waals surface area contributed by atoms with Gasteiger partial charge in [-0.15, -0.1) is 0 Å². The van der Waals surface area contributed by atoms with E-state index in [4.69, 9.17) is 4.74 Å². The first kappa shape index (κ1) is 15.4. The number of methoxy groups -OCH3 is 1. The molecule has 0 bridgehead atoms. The molecule has 0 saturated carbocycles. The van der Waals surface area contributed by atoms with Crippen molar-refractivity contribution in [3.63, 3.8) is 0 Å². The Balaban J connectivity index is 2.05. The molecule has 0 fully saturated rings. The number of hydrogen-bond acceptors (Lipinski definition) is 4. The quantitative estimate of drug-likeness (QED) is 0.833. The molecule has 1 heterocycles. The number of imidazole rings is 1. The lowest BCUT2D eigenvalue weighted by Gasteiger charge is -2.10. The van der Waals surface area contributed by atoms with Gasteiger partial charge >= 0.3 is 0 Å². The summed E-state index contributed by atoms with van der Waals surface area (Å²) in [6, 6.07) is 7.86. The number of carbonyl (C=O) groups is 1. The fourth-order valence-corrected chi connectivity index (χ4v) is 2.61. The number of benzene rings is 1. The van der Waals surface area contributed by atoms with E-state index in [1.54, 1.807) is 13.3 Å². The number of rotatable bonds is 6. The minimum absolute atomic E-state index is 0.0132. The molecule has 5 nitrogen and oxygen atoms in total. The van der Waals surface area contributed by atoms with Crippen LogP contribution in [0.4, 0.5) is 0 Å². The predicted molar refractivity (Wildman–Crippen MR) is 84.1 cm³/mol. The van der Waals surface area contributed by atoms with Gasteiger partial charge in [-0.25, -0.2) is 4.98 Å². The van der Waals surface area contributed by atoms with E-state index in [1.165, 1.54) is 11.8 Å². The van der Waals surface area contributed by atoms with Gasteiger partial charge in [-0.05, 0) is 38.1 Å². The van der Waals surface area contributed by atoms with Gasteiger partial charge in [-0.3, -0.25) is 9.36 Å². The van der Waals surface area contributed by atoms with Crippen molar-refractivity contribution in [3.8, 4) is 11.4 Å². The fourth-order valence-electron chi connectivity index (χ4n) is 1.83. The van der Waals surface area contributed by atoms with Gasteiger partial charge in [0.25, 0.3) is 0 Å². The normalized spacial score (nSPS) is 10.7. The van der Waals surface area contributed by atoms with Gasteiger partial charge in [0.05, 0.1) is 12.9 Å². The highest BCUT2D eigenvalue weighted by Gasteiger charge is 2.09. The fraction of sp³-hybridized carbons (Fsp3) is 0.333. The molecule has 0 aliphatic carbocycles. The second-order valence-electron chi connectivity index (χ2n) is 4.79. The minimum Gasteiger partial charge on any atom is -0.497 e. The third-order valence-electron chi connectivity index (χ3n) is 2.74. The second kappa shape index (κ2) is 7.17. The van der Waals surface area contributed by atoms with Crippen LogP contribution in [0.3, 0.4) is 0 Å². The standard InChI is InChI=1S/C15H19N3O2S/c1-11(2)17-14(19)10-21-15-16-8-9-18(15)12-4-6-13(20-3)7-5-12/h4-9,11H,10H2,1-3H3,(H,17,19). The number of thioether (sulfide) groups is 1. The zero-order chi connectivity index (χ0) is 15.2. The van der Waals surface area contributed by atoms with Gasteiger partial charge < -0.3 is 10.1 Å². The highest BCUT2D eigenvalue weighted by atomic mass is 32.2. The molecule has 2 rings (SSSR count). The van der Waals surface area contributed by atoms with Crippen LogP contribution in [0.1, 0.15) is 13.8 Å². The van der Waals surface area contributed by atoms with Crippen LogP contribution in [-0.4, -0.2) is 34.4 Å². The molecular weight excluding hydrogens is 286 g/mol. The maximum absolute atomic E-state index is 11.7. The Morgan fingerprint density at radius 3 is 2.71 bits per heavy atom. The summed E-state index contributed by atoms with van der Waals surface area (Å²) in [5.41, 5.74) is 0.986. The Hall–Kier alpha value is -1.95. The SMILES string of the molecule is COc1ccc(-n2ccnc2SCC(=O)NC(C)C)cc1. The summed E-state index contributed by atoms with van der Waals surface area (Å²) in [5.74, 6) is 1.18. The number of amides is 1. The van der Waals surface area contributed by atoms with E-state index < -0.39 is 0 Å². The van der Waals surface area contributed by atoms with Gasteiger partial charge in [0.2, 0.25) is 5.91 Å². The molecule has 21 heavy (non-hydrogen) atoms. The number of aromatic nitrogens is 2. The van der Waals surface area contributed by atoms with Crippen molar-refractivity contribution in [2.75, 3.05) is 12.9 Å². The summed E-state index contributed by atoms with van der Waals surface area (Å²) >= 11 is 1.42. The second-order valence-corrected chi connectivity index (χ2v) is 5.73. The molecule has 6 heteroatoms. The molecule has 0 radical (unpaired) electrons. The summed E-state index contributed by atoms with van der Waals surface area (Å²) in [6.45, 7) is 3.89. The third kappa shape index (κ3) is 4.26. The van der Waals surface area contributed by atoms with E-state index in [0.29, 0.717) is 5.75 Å². The first-order chi connectivity index (χ1) is 10.1.